The molecular weight excluding hydrogens is 181 g/mol. The number of anilines is 1. The lowest BCUT2D eigenvalue weighted by Crippen LogP contribution is -2.43. The van der Waals surface area contributed by atoms with Crippen LogP contribution in [0.15, 0.2) is 18.3 Å². The van der Waals surface area contributed by atoms with E-state index in [0.717, 1.165) is 19.4 Å². The molecule has 0 radical (unpaired) electrons. The molecule has 1 aromatic heterocycles. The summed E-state index contributed by atoms with van der Waals surface area (Å²) in [6, 6.07) is 3.18. The number of rotatable bonds is 1. The molecule has 1 atom stereocenters. The molecule has 0 saturated carbocycles. The van der Waals surface area contributed by atoms with Gasteiger partial charge in [-0.3, -0.25) is 0 Å². The molecule has 0 spiro atoms. The molecule has 4 heteroatoms. The van der Waals surface area contributed by atoms with E-state index in [4.69, 9.17) is 5.73 Å². The average Bonchev–Trinajstić information content (AvgIpc) is 2.18. The SMILES string of the molecule is N[C@@H]1CCCN(c2ncccc2F)C1. The van der Waals surface area contributed by atoms with Gasteiger partial charge in [0, 0.05) is 25.3 Å². The van der Waals surface area contributed by atoms with Crippen molar-refractivity contribution in [2.45, 2.75) is 18.9 Å². The molecule has 14 heavy (non-hydrogen) atoms. The Morgan fingerprint density at radius 1 is 1.57 bits per heavy atom. The molecule has 0 bridgehead atoms. The molecule has 0 unspecified atom stereocenters. The van der Waals surface area contributed by atoms with Crippen LogP contribution in [0.5, 0.6) is 0 Å². The maximum Gasteiger partial charge on any atom is 0.165 e. The van der Waals surface area contributed by atoms with Crippen LogP contribution in [-0.2, 0) is 0 Å². The lowest BCUT2D eigenvalue weighted by Gasteiger charge is -2.31. The third kappa shape index (κ3) is 1.85. The van der Waals surface area contributed by atoms with Gasteiger partial charge in [-0.1, -0.05) is 0 Å². The van der Waals surface area contributed by atoms with Crippen LogP contribution in [0.3, 0.4) is 0 Å². The second-order valence-corrected chi connectivity index (χ2v) is 3.66. The van der Waals surface area contributed by atoms with Crippen LogP contribution in [0.2, 0.25) is 0 Å². The Kier molecular flexibility index (Phi) is 2.63. The zero-order chi connectivity index (χ0) is 9.97. The summed E-state index contributed by atoms with van der Waals surface area (Å²) in [6.45, 7) is 1.55. The summed E-state index contributed by atoms with van der Waals surface area (Å²) in [6.07, 6.45) is 3.64. The molecule has 0 amide bonds. The van der Waals surface area contributed by atoms with E-state index in [9.17, 15) is 4.39 Å². The second kappa shape index (κ2) is 3.92. The third-order valence-electron chi connectivity index (χ3n) is 2.50. The monoisotopic (exact) mass is 195 g/mol. The minimum Gasteiger partial charge on any atom is -0.353 e. The van der Waals surface area contributed by atoms with Gasteiger partial charge in [0.25, 0.3) is 0 Å². The Hall–Kier alpha value is -1.16. The molecule has 2 rings (SSSR count). The van der Waals surface area contributed by atoms with Gasteiger partial charge in [0.15, 0.2) is 11.6 Å². The Balaban J connectivity index is 2.18. The highest BCUT2D eigenvalue weighted by Gasteiger charge is 2.19. The zero-order valence-electron chi connectivity index (χ0n) is 7.99. The Morgan fingerprint density at radius 2 is 2.43 bits per heavy atom. The average molecular weight is 195 g/mol. The number of aromatic nitrogens is 1. The summed E-state index contributed by atoms with van der Waals surface area (Å²) in [5.74, 6) is 0.171. The van der Waals surface area contributed by atoms with E-state index in [1.54, 1.807) is 12.3 Å². The van der Waals surface area contributed by atoms with Crippen LogP contribution < -0.4 is 10.6 Å². The highest BCUT2D eigenvalue weighted by molar-refractivity contribution is 5.40. The number of halogens is 1. The highest BCUT2D eigenvalue weighted by atomic mass is 19.1. The number of pyridine rings is 1. The van der Waals surface area contributed by atoms with Crippen LogP contribution in [0.25, 0.3) is 0 Å². The van der Waals surface area contributed by atoms with Gasteiger partial charge in [-0.2, -0.15) is 0 Å². The van der Waals surface area contributed by atoms with Crippen molar-refractivity contribution in [1.29, 1.82) is 0 Å². The predicted octanol–water partition coefficient (Wildman–Crippen LogP) is 1.15. The highest BCUT2D eigenvalue weighted by Crippen LogP contribution is 2.19. The topological polar surface area (TPSA) is 42.1 Å². The van der Waals surface area contributed by atoms with E-state index in [-0.39, 0.29) is 11.9 Å². The van der Waals surface area contributed by atoms with Crippen molar-refractivity contribution in [2.75, 3.05) is 18.0 Å². The predicted molar refractivity (Wildman–Crippen MR) is 53.6 cm³/mol. The normalized spacial score (nSPS) is 22.4. The number of nitrogens with two attached hydrogens (primary N) is 1. The van der Waals surface area contributed by atoms with Gasteiger partial charge in [-0.15, -0.1) is 0 Å². The molecule has 76 valence electrons. The maximum absolute atomic E-state index is 13.4. The van der Waals surface area contributed by atoms with E-state index in [2.05, 4.69) is 4.98 Å². The molecule has 0 aliphatic carbocycles. The quantitative estimate of drug-likeness (QED) is 0.731. The Bertz CT molecular complexity index is 316. The van der Waals surface area contributed by atoms with Crippen molar-refractivity contribution in [3.63, 3.8) is 0 Å². The van der Waals surface area contributed by atoms with Crippen LogP contribution in [0, 0.1) is 5.82 Å². The molecule has 1 aliphatic rings. The first kappa shape index (κ1) is 9.40. The van der Waals surface area contributed by atoms with E-state index in [1.807, 2.05) is 4.90 Å². The van der Waals surface area contributed by atoms with Crippen LogP contribution >= 0.6 is 0 Å². The van der Waals surface area contributed by atoms with Gasteiger partial charge in [-0.25, -0.2) is 9.37 Å². The van der Waals surface area contributed by atoms with Crippen LogP contribution in [-0.4, -0.2) is 24.1 Å². The summed E-state index contributed by atoms with van der Waals surface area (Å²) in [5.41, 5.74) is 5.82. The molecular formula is C10H14FN3. The van der Waals surface area contributed by atoms with Crippen molar-refractivity contribution in [1.82, 2.24) is 4.98 Å². The van der Waals surface area contributed by atoms with Crippen molar-refractivity contribution in [3.05, 3.63) is 24.1 Å². The number of hydrogen-bond acceptors (Lipinski definition) is 3. The van der Waals surface area contributed by atoms with Gasteiger partial charge in [0.1, 0.15) is 0 Å². The van der Waals surface area contributed by atoms with Crippen LogP contribution in [0.4, 0.5) is 10.2 Å². The summed E-state index contributed by atoms with van der Waals surface area (Å²) < 4.78 is 13.4. The molecule has 1 fully saturated rings. The molecule has 3 nitrogen and oxygen atoms in total. The summed E-state index contributed by atoms with van der Waals surface area (Å²) in [5, 5.41) is 0. The number of nitrogens with zero attached hydrogens (tertiary/aromatic N) is 2. The summed E-state index contributed by atoms with van der Waals surface area (Å²) >= 11 is 0. The fourth-order valence-corrected chi connectivity index (χ4v) is 1.81. The molecule has 1 aromatic rings. The number of hydrogen-bond donors (Lipinski definition) is 1. The molecule has 2 N–H and O–H groups in total. The van der Waals surface area contributed by atoms with E-state index in [1.165, 1.54) is 6.07 Å². The molecule has 1 saturated heterocycles. The first-order valence-corrected chi connectivity index (χ1v) is 4.88. The molecule has 0 aromatic carbocycles. The van der Waals surface area contributed by atoms with Crippen molar-refractivity contribution in [3.8, 4) is 0 Å². The molecule has 1 aliphatic heterocycles. The lowest BCUT2D eigenvalue weighted by atomic mass is 10.1. The standard InChI is InChI=1S/C10H14FN3/c11-9-4-1-5-13-10(9)14-6-2-3-8(12)7-14/h1,4-5,8H,2-3,6-7,12H2/t8-/m1/s1. The van der Waals surface area contributed by atoms with Gasteiger partial charge < -0.3 is 10.6 Å². The van der Waals surface area contributed by atoms with Gasteiger partial charge in [-0.05, 0) is 25.0 Å². The summed E-state index contributed by atoms with van der Waals surface area (Å²) in [7, 11) is 0. The van der Waals surface area contributed by atoms with Gasteiger partial charge >= 0.3 is 0 Å². The first-order valence-electron chi connectivity index (χ1n) is 4.88. The van der Waals surface area contributed by atoms with Crippen molar-refractivity contribution in [2.24, 2.45) is 5.73 Å². The molecule has 2 heterocycles. The van der Waals surface area contributed by atoms with E-state index >= 15 is 0 Å². The van der Waals surface area contributed by atoms with E-state index in [0.29, 0.717) is 12.4 Å². The fourth-order valence-electron chi connectivity index (χ4n) is 1.81. The second-order valence-electron chi connectivity index (χ2n) is 3.66. The summed E-state index contributed by atoms with van der Waals surface area (Å²) in [4.78, 5) is 5.95. The Morgan fingerprint density at radius 3 is 3.14 bits per heavy atom. The van der Waals surface area contributed by atoms with Crippen molar-refractivity contribution >= 4 is 5.82 Å². The Labute approximate surface area is 82.7 Å². The third-order valence-corrected chi connectivity index (χ3v) is 2.50. The maximum atomic E-state index is 13.4. The largest absolute Gasteiger partial charge is 0.353 e. The minimum atomic E-state index is -0.262. The minimum absolute atomic E-state index is 0.144. The van der Waals surface area contributed by atoms with Crippen molar-refractivity contribution < 1.29 is 4.39 Å². The first-order chi connectivity index (χ1) is 6.77. The zero-order valence-corrected chi connectivity index (χ0v) is 7.99. The fraction of sp³-hybridized carbons (Fsp3) is 0.500. The van der Waals surface area contributed by atoms with E-state index < -0.39 is 0 Å². The van der Waals surface area contributed by atoms with Crippen LogP contribution in [0.1, 0.15) is 12.8 Å². The smallest absolute Gasteiger partial charge is 0.165 e. The number of piperidine rings is 1. The van der Waals surface area contributed by atoms with Gasteiger partial charge in [0.05, 0.1) is 0 Å². The lowest BCUT2D eigenvalue weighted by molar-refractivity contribution is 0.493. The van der Waals surface area contributed by atoms with Gasteiger partial charge in [0.2, 0.25) is 0 Å².